The first-order valence-electron chi connectivity index (χ1n) is 7.79. The zero-order chi connectivity index (χ0) is 14.1. The van der Waals surface area contributed by atoms with Gasteiger partial charge in [-0.3, -0.25) is 4.79 Å². The molecule has 0 aromatic rings. The largest absolute Gasteiger partial charge is 0.353 e. The summed E-state index contributed by atoms with van der Waals surface area (Å²) in [6.45, 7) is 10.4. The van der Waals surface area contributed by atoms with Gasteiger partial charge in [-0.1, -0.05) is 27.7 Å². The molecule has 4 heteroatoms. The molecule has 3 nitrogen and oxygen atoms in total. The zero-order valence-electron chi connectivity index (χ0n) is 13.4. The van der Waals surface area contributed by atoms with Crippen molar-refractivity contribution >= 4 is 18.3 Å². The van der Waals surface area contributed by atoms with Crippen LogP contribution in [-0.2, 0) is 4.79 Å². The first kappa shape index (κ1) is 17.8. The quantitative estimate of drug-likeness (QED) is 0.840. The molecular formula is C16H31ClN2O. The van der Waals surface area contributed by atoms with Crippen molar-refractivity contribution in [1.29, 1.82) is 0 Å². The lowest BCUT2D eigenvalue weighted by atomic mass is 9.63. The van der Waals surface area contributed by atoms with Crippen LogP contribution in [0.15, 0.2) is 0 Å². The highest BCUT2D eigenvalue weighted by Crippen LogP contribution is 2.45. The van der Waals surface area contributed by atoms with Crippen molar-refractivity contribution in [2.75, 3.05) is 6.54 Å². The van der Waals surface area contributed by atoms with Crippen molar-refractivity contribution in [2.45, 2.75) is 78.3 Å². The molecule has 1 saturated carbocycles. The summed E-state index contributed by atoms with van der Waals surface area (Å²) in [7, 11) is 0. The van der Waals surface area contributed by atoms with Gasteiger partial charge >= 0.3 is 0 Å². The van der Waals surface area contributed by atoms with Crippen LogP contribution in [0.5, 0.6) is 0 Å². The molecule has 1 amide bonds. The van der Waals surface area contributed by atoms with E-state index in [0.29, 0.717) is 29.3 Å². The minimum atomic E-state index is 0. The SMILES string of the molecule is CC1(C)CC(NC(=O)CC2CCCN2)CC(C)(C)C1.Cl. The average Bonchev–Trinajstić information content (AvgIpc) is 2.63. The molecule has 1 unspecified atom stereocenters. The maximum atomic E-state index is 12.1. The molecule has 0 spiro atoms. The summed E-state index contributed by atoms with van der Waals surface area (Å²) in [5.41, 5.74) is 0.677. The van der Waals surface area contributed by atoms with Gasteiger partial charge < -0.3 is 10.6 Å². The second-order valence-corrected chi connectivity index (χ2v) is 8.18. The highest BCUT2D eigenvalue weighted by atomic mass is 35.5. The van der Waals surface area contributed by atoms with Crippen LogP contribution in [0.1, 0.15) is 66.2 Å². The topological polar surface area (TPSA) is 41.1 Å². The molecule has 0 aromatic heterocycles. The van der Waals surface area contributed by atoms with Crippen molar-refractivity contribution in [1.82, 2.24) is 10.6 Å². The number of rotatable bonds is 3. The Morgan fingerprint density at radius 1 is 1.20 bits per heavy atom. The fourth-order valence-electron chi connectivity index (χ4n) is 4.39. The molecule has 0 radical (unpaired) electrons. The van der Waals surface area contributed by atoms with Gasteiger partial charge in [-0.05, 0) is 49.5 Å². The molecule has 2 fully saturated rings. The van der Waals surface area contributed by atoms with Crippen LogP contribution in [0.4, 0.5) is 0 Å². The van der Waals surface area contributed by atoms with Gasteiger partial charge in [-0.15, -0.1) is 12.4 Å². The third-order valence-electron chi connectivity index (χ3n) is 4.51. The van der Waals surface area contributed by atoms with E-state index in [4.69, 9.17) is 0 Å². The zero-order valence-corrected chi connectivity index (χ0v) is 14.2. The Kier molecular flexibility index (Phi) is 5.91. The second kappa shape index (κ2) is 6.65. The standard InChI is InChI=1S/C16H30N2O.ClH/c1-15(2)9-13(10-16(3,4)11-15)18-14(19)8-12-6-5-7-17-12;/h12-13,17H,5-11H2,1-4H3,(H,18,19);1H. The maximum Gasteiger partial charge on any atom is 0.221 e. The van der Waals surface area contributed by atoms with Crippen molar-refractivity contribution in [3.8, 4) is 0 Å². The van der Waals surface area contributed by atoms with E-state index in [1.54, 1.807) is 0 Å². The lowest BCUT2D eigenvalue weighted by molar-refractivity contribution is -0.123. The van der Waals surface area contributed by atoms with E-state index in [2.05, 4.69) is 38.3 Å². The predicted octanol–water partition coefficient (Wildman–Crippen LogP) is 3.27. The Hall–Kier alpha value is -0.280. The van der Waals surface area contributed by atoms with E-state index in [9.17, 15) is 4.79 Å². The Labute approximate surface area is 130 Å². The van der Waals surface area contributed by atoms with Gasteiger partial charge in [-0.25, -0.2) is 0 Å². The molecule has 1 heterocycles. The average molecular weight is 303 g/mol. The third kappa shape index (κ3) is 5.25. The third-order valence-corrected chi connectivity index (χ3v) is 4.51. The fourth-order valence-corrected chi connectivity index (χ4v) is 4.39. The van der Waals surface area contributed by atoms with Gasteiger partial charge in [0.25, 0.3) is 0 Å². The number of nitrogens with one attached hydrogen (secondary N) is 2. The van der Waals surface area contributed by atoms with Crippen molar-refractivity contribution in [3.05, 3.63) is 0 Å². The number of carbonyl (C=O) groups is 1. The normalized spacial score (nSPS) is 28.7. The molecule has 2 aliphatic rings. The first-order chi connectivity index (χ1) is 8.76. The van der Waals surface area contributed by atoms with E-state index in [-0.39, 0.29) is 18.3 Å². The lowest BCUT2D eigenvalue weighted by Crippen LogP contribution is -2.47. The molecule has 0 aromatic carbocycles. The monoisotopic (exact) mass is 302 g/mol. The number of hydrogen-bond acceptors (Lipinski definition) is 2. The summed E-state index contributed by atoms with van der Waals surface area (Å²) in [5, 5.41) is 6.67. The number of halogens is 1. The molecule has 2 rings (SSSR count). The Morgan fingerprint density at radius 2 is 1.80 bits per heavy atom. The van der Waals surface area contributed by atoms with E-state index in [1.807, 2.05) is 0 Å². The molecule has 2 N–H and O–H groups in total. The molecule has 1 aliphatic carbocycles. The highest BCUT2D eigenvalue weighted by molar-refractivity contribution is 5.85. The van der Waals surface area contributed by atoms with Crippen molar-refractivity contribution in [2.24, 2.45) is 10.8 Å². The molecular weight excluding hydrogens is 272 g/mol. The number of carbonyl (C=O) groups excluding carboxylic acids is 1. The summed E-state index contributed by atoms with van der Waals surface area (Å²) >= 11 is 0. The van der Waals surface area contributed by atoms with Gasteiger partial charge in [0.15, 0.2) is 0 Å². The summed E-state index contributed by atoms with van der Waals surface area (Å²) in [4.78, 5) is 12.1. The molecule has 0 bridgehead atoms. The second-order valence-electron chi connectivity index (χ2n) is 8.18. The molecule has 1 aliphatic heterocycles. The fraction of sp³-hybridized carbons (Fsp3) is 0.938. The minimum absolute atomic E-state index is 0. The summed E-state index contributed by atoms with van der Waals surface area (Å²) in [5.74, 6) is 0.234. The van der Waals surface area contributed by atoms with E-state index >= 15 is 0 Å². The summed E-state index contributed by atoms with van der Waals surface area (Å²) < 4.78 is 0. The number of hydrogen-bond donors (Lipinski definition) is 2. The number of amides is 1. The molecule has 20 heavy (non-hydrogen) atoms. The van der Waals surface area contributed by atoms with Crippen LogP contribution in [0.2, 0.25) is 0 Å². The lowest BCUT2D eigenvalue weighted by Gasteiger charge is -2.45. The van der Waals surface area contributed by atoms with Gasteiger partial charge in [-0.2, -0.15) is 0 Å². The van der Waals surface area contributed by atoms with Crippen molar-refractivity contribution < 1.29 is 4.79 Å². The first-order valence-corrected chi connectivity index (χ1v) is 7.79. The van der Waals surface area contributed by atoms with Crippen LogP contribution < -0.4 is 10.6 Å². The predicted molar refractivity (Wildman–Crippen MR) is 86.2 cm³/mol. The molecule has 1 saturated heterocycles. The van der Waals surface area contributed by atoms with E-state index in [0.717, 1.165) is 25.8 Å². The molecule has 118 valence electrons. The van der Waals surface area contributed by atoms with E-state index in [1.165, 1.54) is 12.8 Å². The van der Waals surface area contributed by atoms with Crippen LogP contribution in [0, 0.1) is 10.8 Å². The van der Waals surface area contributed by atoms with Crippen LogP contribution in [0.25, 0.3) is 0 Å². The van der Waals surface area contributed by atoms with Gasteiger partial charge in [0.2, 0.25) is 5.91 Å². The Morgan fingerprint density at radius 3 is 2.30 bits per heavy atom. The van der Waals surface area contributed by atoms with Crippen LogP contribution in [0.3, 0.4) is 0 Å². The van der Waals surface area contributed by atoms with Crippen LogP contribution >= 0.6 is 12.4 Å². The highest BCUT2D eigenvalue weighted by Gasteiger charge is 2.38. The maximum absolute atomic E-state index is 12.1. The van der Waals surface area contributed by atoms with E-state index < -0.39 is 0 Å². The van der Waals surface area contributed by atoms with Crippen LogP contribution in [-0.4, -0.2) is 24.5 Å². The summed E-state index contributed by atoms with van der Waals surface area (Å²) in [6, 6.07) is 0.761. The van der Waals surface area contributed by atoms with Crippen molar-refractivity contribution in [3.63, 3.8) is 0 Å². The summed E-state index contributed by atoms with van der Waals surface area (Å²) in [6.07, 6.45) is 6.48. The van der Waals surface area contributed by atoms with Gasteiger partial charge in [0, 0.05) is 18.5 Å². The van der Waals surface area contributed by atoms with Gasteiger partial charge in [0.05, 0.1) is 0 Å². The smallest absolute Gasteiger partial charge is 0.221 e. The Bertz CT molecular complexity index is 319. The molecule has 1 atom stereocenters. The van der Waals surface area contributed by atoms with Gasteiger partial charge in [0.1, 0.15) is 0 Å². The minimum Gasteiger partial charge on any atom is -0.353 e. The Balaban J connectivity index is 0.00000200.